The van der Waals surface area contributed by atoms with Crippen molar-refractivity contribution >= 4 is 34.8 Å². The predicted molar refractivity (Wildman–Crippen MR) is 94.7 cm³/mol. The second-order valence-corrected chi connectivity index (χ2v) is 5.59. The maximum atomic E-state index is 12.3. The maximum absolute atomic E-state index is 12.3. The number of aromatic nitrogens is 2. The first kappa shape index (κ1) is 16.8. The van der Waals surface area contributed by atoms with Gasteiger partial charge in [0.15, 0.2) is 5.82 Å². The van der Waals surface area contributed by atoms with Crippen LogP contribution in [-0.2, 0) is 0 Å². The first-order chi connectivity index (χ1) is 12.0. The molecule has 0 saturated heterocycles. The summed E-state index contributed by atoms with van der Waals surface area (Å²) in [6, 6.07) is 10.1. The van der Waals surface area contributed by atoms with Gasteiger partial charge in [-0.05, 0) is 37.3 Å². The number of ether oxygens (including phenoxy) is 1. The van der Waals surface area contributed by atoms with Gasteiger partial charge in [0.2, 0.25) is 0 Å². The third-order valence-corrected chi connectivity index (χ3v) is 3.61. The minimum absolute atomic E-state index is 0.294. The summed E-state index contributed by atoms with van der Waals surface area (Å²) in [7, 11) is 1.53. The zero-order valence-corrected chi connectivity index (χ0v) is 14.3. The van der Waals surface area contributed by atoms with E-state index in [1.807, 2.05) is 0 Å². The lowest BCUT2D eigenvalue weighted by molar-refractivity contribution is 0.102. The average molecular weight is 359 g/mol. The fourth-order valence-corrected chi connectivity index (χ4v) is 2.36. The van der Waals surface area contributed by atoms with Gasteiger partial charge in [-0.3, -0.25) is 4.79 Å². The van der Waals surface area contributed by atoms with Gasteiger partial charge in [-0.1, -0.05) is 16.8 Å². The highest BCUT2D eigenvalue weighted by Crippen LogP contribution is 2.27. The van der Waals surface area contributed by atoms with Crippen LogP contribution in [0, 0.1) is 6.92 Å². The molecule has 0 radical (unpaired) electrons. The summed E-state index contributed by atoms with van der Waals surface area (Å²) in [6.07, 6.45) is 1.47. The number of nitrogens with one attached hydrogen (secondary N) is 2. The fraction of sp³-hybridized carbons (Fsp3) is 0.118. The summed E-state index contributed by atoms with van der Waals surface area (Å²) in [4.78, 5) is 16.5. The van der Waals surface area contributed by atoms with Crippen LogP contribution in [0.2, 0.25) is 5.02 Å². The van der Waals surface area contributed by atoms with Crippen LogP contribution in [0.3, 0.4) is 0 Å². The Labute approximate surface area is 149 Å². The molecule has 0 fully saturated rings. The number of hydrogen-bond donors (Lipinski definition) is 2. The van der Waals surface area contributed by atoms with E-state index in [2.05, 4.69) is 20.8 Å². The number of benzene rings is 1. The van der Waals surface area contributed by atoms with Crippen molar-refractivity contribution in [1.29, 1.82) is 0 Å². The molecule has 2 N–H and O–H groups in total. The molecule has 0 aliphatic rings. The highest BCUT2D eigenvalue weighted by molar-refractivity contribution is 6.32. The highest BCUT2D eigenvalue weighted by atomic mass is 35.5. The van der Waals surface area contributed by atoms with E-state index in [1.54, 1.807) is 43.3 Å². The number of anilines is 3. The molecular formula is C17H15ClN4O3. The Balaban J connectivity index is 1.67. The number of aryl methyl sites for hydroxylation is 1. The Kier molecular flexibility index (Phi) is 4.85. The second kappa shape index (κ2) is 7.23. The van der Waals surface area contributed by atoms with E-state index in [1.165, 1.54) is 13.3 Å². The van der Waals surface area contributed by atoms with Crippen LogP contribution in [0.4, 0.5) is 17.3 Å². The van der Waals surface area contributed by atoms with Crippen LogP contribution < -0.4 is 15.4 Å². The number of rotatable bonds is 5. The molecule has 0 aliphatic carbocycles. The number of carbonyl (C=O) groups is 1. The number of halogens is 1. The summed E-state index contributed by atoms with van der Waals surface area (Å²) in [6.45, 7) is 1.80. The number of amides is 1. The standard InChI is InChI=1S/C17H15ClN4O3/c1-10-7-16(22-25-10)21-15-6-3-11(9-19-15)17(23)20-12-4-5-14(24-2)13(18)8-12/h3-9H,1-2H3,(H,20,23)(H,19,21,22). The third-order valence-electron chi connectivity index (χ3n) is 3.32. The Morgan fingerprint density at radius 1 is 1.20 bits per heavy atom. The molecule has 0 atom stereocenters. The van der Waals surface area contributed by atoms with Gasteiger partial charge >= 0.3 is 0 Å². The van der Waals surface area contributed by atoms with E-state index in [0.717, 1.165) is 0 Å². The lowest BCUT2D eigenvalue weighted by atomic mass is 10.2. The van der Waals surface area contributed by atoms with Crippen LogP contribution in [0.5, 0.6) is 5.75 Å². The van der Waals surface area contributed by atoms with Crippen LogP contribution >= 0.6 is 11.6 Å². The van der Waals surface area contributed by atoms with Gasteiger partial charge in [0.1, 0.15) is 17.3 Å². The van der Waals surface area contributed by atoms with Crippen molar-refractivity contribution in [3.8, 4) is 5.75 Å². The molecule has 0 aliphatic heterocycles. The number of hydrogen-bond acceptors (Lipinski definition) is 6. The van der Waals surface area contributed by atoms with Crippen molar-refractivity contribution < 1.29 is 14.1 Å². The van der Waals surface area contributed by atoms with Crippen LogP contribution in [0.25, 0.3) is 0 Å². The molecule has 8 heteroatoms. The minimum atomic E-state index is -0.294. The molecule has 1 aromatic carbocycles. The van der Waals surface area contributed by atoms with Crippen molar-refractivity contribution in [3.05, 3.63) is 58.9 Å². The molecule has 2 heterocycles. The summed E-state index contributed by atoms with van der Waals surface area (Å²) in [5.41, 5.74) is 0.977. The third kappa shape index (κ3) is 4.07. The smallest absolute Gasteiger partial charge is 0.257 e. The summed E-state index contributed by atoms with van der Waals surface area (Å²) >= 11 is 6.05. The van der Waals surface area contributed by atoms with E-state index in [0.29, 0.717) is 39.4 Å². The van der Waals surface area contributed by atoms with Gasteiger partial charge in [-0.15, -0.1) is 0 Å². The Morgan fingerprint density at radius 3 is 2.64 bits per heavy atom. The normalized spacial score (nSPS) is 10.4. The molecule has 2 aromatic heterocycles. The lowest BCUT2D eigenvalue weighted by Crippen LogP contribution is -2.12. The van der Waals surface area contributed by atoms with Gasteiger partial charge in [0.05, 0.1) is 17.7 Å². The van der Waals surface area contributed by atoms with Crippen LogP contribution in [0.15, 0.2) is 47.1 Å². The van der Waals surface area contributed by atoms with Crippen molar-refractivity contribution in [2.24, 2.45) is 0 Å². The summed E-state index contributed by atoms with van der Waals surface area (Å²) < 4.78 is 10.0. The molecule has 7 nitrogen and oxygen atoms in total. The van der Waals surface area contributed by atoms with E-state index in [-0.39, 0.29) is 5.91 Å². The van der Waals surface area contributed by atoms with E-state index in [9.17, 15) is 4.79 Å². The molecule has 0 saturated carbocycles. The second-order valence-electron chi connectivity index (χ2n) is 5.18. The highest BCUT2D eigenvalue weighted by Gasteiger charge is 2.09. The average Bonchev–Trinajstić information content (AvgIpc) is 3.00. The quantitative estimate of drug-likeness (QED) is 0.715. The van der Waals surface area contributed by atoms with Gasteiger partial charge in [-0.2, -0.15) is 0 Å². The van der Waals surface area contributed by atoms with Crippen molar-refractivity contribution in [2.75, 3.05) is 17.7 Å². The summed E-state index contributed by atoms with van der Waals surface area (Å²) in [5, 5.41) is 9.97. The Bertz CT molecular complexity index is 893. The predicted octanol–water partition coefficient (Wildman–Crippen LogP) is 4.04. The monoisotopic (exact) mass is 358 g/mol. The van der Waals surface area contributed by atoms with Gasteiger partial charge in [0.25, 0.3) is 5.91 Å². The molecule has 0 unspecified atom stereocenters. The van der Waals surface area contributed by atoms with Gasteiger partial charge in [-0.25, -0.2) is 4.98 Å². The van der Waals surface area contributed by atoms with Crippen molar-refractivity contribution in [3.63, 3.8) is 0 Å². The van der Waals surface area contributed by atoms with E-state index < -0.39 is 0 Å². The Morgan fingerprint density at radius 2 is 2.04 bits per heavy atom. The molecule has 3 aromatic rings. The van der Waals surface area contributed by atoms with Crippen LogP contribution in [-0.4, -0.2) is 23.2 Å². The minimum Gasteiger partial charge on any atom is -0.495 e. The first-order valence-corrected chi connectivity index (χ1v) is 7.74. The number of carbonyl (C=O) groups excluding carboxylic acids is 1. The lowest BCUT2D eigenvalue weighted by Gasteiger charge is -2.08. The fourth-order valence-electron chi connectivity index (χ4n) is 2.11. The van der Waals surface area contributed by atoms with Gasteiger partial charge < -0.3 is 19.9 Å². The first-order valence-electron chi connectivity index (χ1n) is 7.36. The SMILES string of the molecule is COc1ccc(NC(=O)c2ccc(Nc3cc(C)on3)nc2)cc1Cl. The largest absolute Gasteiger partial charge is 0.495 e. The molecule has 25 heavy (non-hydrogen) atoms. The number of methoxy groups -OCH3 is 1. The van der Waals surface area contributed by atoms with Crippen molar-refractivity contribution in [1.82, 2.24) is 10.1 Å². The molecule has 128 valence electrons. The number of nitrogens with zero attached hydrogens (tertiary/aromatic N) is 2. The van der Waals surface area contributed by atoms with Crippen LogP contribution in [0.1, 0.15) is 16.1 Å². The number of pyridine rings is 1. The van der Waals surface area contributed by atoms with Gasteiger partial charge in [0, 0.05) is 18.0 Å². The van der Waals surface area contributed by atoms with E-state index in [4.69, 9.17) is 20.9 Å². The topological polar surface area (TPSA) is 89.3 Å². The molecule has 1 amide bonds. The van der Waals surface area contributed by atoms with Crippen molar-refractivity contribution in [2.45, 2.75) is 6.92 Å². The zero-order chi connectivity index (χ0) is 17.8. The summed E-state index contributed by atoms with van der Waals surface area (Å²) in [5.74, 6) is 2.04. The molecular weight excluding hydrogens is 344 g/mol. The molecule has 3 rings (SSSR count). The maximum Gasteiger partial charge on any atom is 0.257 e. The Hall–Kier alpha value is -3.06. The molecule has 0 spiro atoms. The van der Waals surface area contributed by atoms with E-state index >= 15 is 0 Å². The zero-order valence-electron chi connectivity index (χ0n) is 13.5. The molecule has 0 bridgehead atoms.